The Hall–Kier alpha value is -3.98. The van der Waals surface area contributed by atoms with Crippen molar-refractivity contribution in [2.24, 2.45) is 5.92 Å². The number of hydrogen-bond donors (Lipinski definition) is 1. The van der Waals surface area contributed by atoms with E-state index in [1.54, 1.807) is 17.1 Å². The topological polar surface area (TPSA) is 111 Å². The Kier molecular flexibility index (Phi) is 7.40. The second kappa shape index (κ2) is 11.4. The van der Waals surface area contributed by atoms with Gasteiger partial charge in [-0.25, -0.2) is 4.98 Å². The number of rotatable bonds is 11. The number of hydrogen-bond acceptors (Lipinski definition) is 7. The zero-order valence-corrected chi connectivity index (χ0v) is 22.3. The van der Waals surface area contributed by atoms with Gasteiger partial charge < -0.3 is 5.32 Å². The van der Waals surface area contributed by atoms with Gasteiger partial charge in [-0.15, -0.1) is 5.10 Å². The number of fused-ring (bicyclic) bond motifs is 1. The highest BCUT2D eigenvalue weighted by molar-refractivity contribution is 6.29. The van der Waals surface area contributed by atoms with Gasteiger partial charge in [-0.2, -0.15) is 10.2 Å². The first-order chi connectivity index (χ1) is 19.1. The summed E-state index contributed by atoms with van der Waals surface area (Å²) in [4.78, 5) is 20.9. The molecule has 4 aromatic rings. The molecular formula is C29H29ClN8O. The van der Waals surface area contributed by atoms with Crippen LogP contribution >= 0.6 is 11.6 Å². The molecule has 1 N–H and O–H groups in total. The minimum Gasteiger partial charge on any atom is -0.345 e. The van der Waals surface area contributed by atoms with Crippen LogP contribution in [0.1, 0.15) is 64.4 Å². The first-order valence-corrected chi connectivity index (χ1v) is 13.8. The van der Waals surface area contributed by atoms with Gasteiger partial charge in [-0.3, -0.25) is 14.5 Å². The molecule has 39 heavy (non-hydrogen) atoms. The van der Waals surface area contributed by atoms with E-state index in [1.807, 2.05) is 30.5 Å². The Morgan fingerprint density at radius 3 is 2.77 bits per heavy atom. The highest BCUT2D eigenvalue weighted by Gasteiger charge is 2.34. The summed E-state index contributed by atoms with van der Waals surface area (Å²) in [6.45, 7) is 1.03. The molecule has 6 rings (SSSR count). The number of unbranched alkanes of at least 4 members (excludes halogenated alkanes) is 1. The molecule has 0 radical (unpaired) electrons. The average Bonchev–Trinajstić information content (AvgIpc) is 3.59. The molecule has 4 heterocycles. The van der Waals surface area contributed by atoms with Gasteiger partial charge in [0.15, 0.2) is 5.69 Å². The van der Waals surface area contributed by atoms with Crippen molar-refractivity contribution in [3.63, 3.8) is 0 Å². The largest absolute Gasteiger partial charge is 0.345 e. The lowest BCUT2D eigenvalue weighted by Gasteiger charge is -2.09. The van der Waals surface area contributed by atoms with E-state index in [2.05, 4.69) is 47.9 Å². The van der Waals surface area contributed by atoms with Crippen molar-refractivity contribution in [1.29, 1.82) is 0 Å². The number of nitrogens with zero attached hydrogens (tertiary/aromatic N) is 7. The summed E-state index contributed by atoms with van der Waals surface area (Å²) in [5.41, 5.74) is 8.52. The minimum atomic E-state index is -0.260. The molecule has 4 aromatic heterocycles. The summed E-state index contributed by atoms with van der Waals surface area (Å²) in [6.07, 6.45) is 12.2. The van der Waals surface area contributed by atoms with Crippen molar-refractivity contribution in [3.8, 4) is 0 Å². The van der Waals surface area contributed by atoms with Crippen LogP contribution in [0, 0.1) is 5.92 Å². The van der Waals surface area contributed by atoms with Gasteiger partial charge in [0.1, 0.15) is 5.15 Å². The summed E-state index contributed by atoms with van der Waals surface area (Å²) < 4.78 is 1.72. The zero-order valence-electron chi connectivity index (χ0n) is 21.6. The fraction of sp³-hybridized carbons (Fsp3) is 0.345. The van der Waals surface area contributed by atoms with Crippen molar-refractivity contribution >= 4 is 23.1 Å². The Bertz CT molecular complexity index is 1500. The van der Waals surface area contributed by atoms with Gasteiger partial charge in [-0.1, -0.05) is 34.5 Å². The number of aromatic nitrogens is 7. The predicted octanol–water partition coefficient (Wildman–Crippen LogP) is 4.43. The fourth-order valence-electron chi connectivity index (χ4n) is 5.03. The van der Waals surface area contributed by atoms with E-state index in [0.29, 0.717) is 29.9 Å². The molecule has 0 saturated heterocycles. The van der Waals surface area contributed by atoms with Crippen LogP contribution in [0.5, 0.6) is 0 Å². The summed E-state index contributed by atoms with van der Waals surface area (Å²) >= 11 is 6.00. The van der Waals surface area contributed by atoms with E-state index < -0.39 is 0 Å². The monoisotopic (exact) mass is 540 g/mol. The number of amides is 1. The zero-order chi connectivity index (χ0) is 26.6. The molecule has 198 valence electrons. The quantitative estimate of drug-likeness (QED) is 0.221. The van der Waals surface area contributed by atoms with E-state index >= 15 is 0 Å². The standard InChI is InChI=1S/C29H29ClN8O/c30-28-10-7-19(16-32-28)13-24-23(20-8-9-20)15-26-25(24)14-21(34-35-26)5-2-4-12-38-18-27(36-37-38)29(39)33-17-22-6-1-3-11-31-22/h1,3,6-7,10-11,14,16,18,20H,2,4-5,8-9,12-13,15,17H2,(H,33,39). The highest BCUT2D eigenvalue weighted by Crippen LogP contribution is 2.46. The predicted molar refractivity (Wildman–Crippen MR) is 147 cm³/mol. The van der Waals surface area contributed by atoms with Crippen LogP contribution in [0.3, 0.4) is 0 Å². The third-order valence-electron chi connectivity index (χ3n) is 7.23. The molecule has 0 aromatic carbocycles. The van der Waals surface area contributed by atoms with Crippen molar-refractivity contribution in [2.45, 2.75) is 58.0 Å². The second-order valence-corrected chi connectivity index (χ2v) is 10.5. The lowest BCUT2D eigenvalue weighted by Crippen LogP contribution is -2.23. The summed E-state index contributed by atoms with van der Waals surface area (Å²) in [5, 5.41) is 20.6. The van der Waals surface area contributed by atoms with Crippen LogP contribution in [-0.4, -0.2) is 41.1 Å². The Balaban J connectivity index is 1.03. The SMILES string of the molecule is O=C(NCc1ccccn1)c1cn(CCCCc2cc3c(nn2)CC(C2CC2)=C3Cc2ccc(Cl)nc2)nn1. The van der Waals surface area contributed by atoms with Gasteiger partial charge >= 0.3 is 0 Å². The molecule has 2 aliphatic carbocycles. The molecule has 0 spiro atoms. The number of pyridine rings is 2. The third kappa shape index (κ3) is 6.20. The summed E-state index contributed by atoms with van der Waals surface area (Å²) in [6, 6.07) is 11.7. The van der Waals surface area contributed by atoms with E-state index in [9.17, 15) is 4.79 Å². The number of aryl methyl sites for hydroxylation is 2. The average molecular weight is 541 g/mol. The first kappa shape index (κ1) is 25.3. The van der Waals surface area contributed by atoms with Crippen LogP contribution in [0.15, 0.2) is 60.6 Å². The van der Waals surface area contributed by atoms with Crippen molar-refractivity contribution in [1.82, 2.24) is 40.5 Å². The molecule has 0 aliphatic heterocycles. The molecule has 0 bridgehead atoms. The van der Waals surface area contributed by atoms with Gasteiger partial charge in [0.2, 0.25) is 0 Å². The van der Waals surface area contributed by atoms with Gasteiger partial charge in [0.05, 0.1) is 29.8 Å². The molecule has 0 atom stereocenters. The van der Waals surface area contributed by atoms with E-state index in [4.69, 9.17) is 11.6 Å². The maximum absolute atomic E-state index is 12.4. The van der Waals surface area contributed by atoms with E-state index in [0.717, 1.165) is 54.7 Å². The van der Waals surface area contributed by atoms with Crippen molar-refractivity contribution in [3.05, 3.63) is 99.6 Å². The van der Waals surface area contributed by atoms with Crippen LogP contribution in [0.2, 0.25) is 5.15 Å². The van der Waals surface area contributed by atoms with Gasteiger partial charge in [0, 0.05) is 30.9 Å². The summed E-state index contributed by atoms with van der Waals surface area (Å²) in [7, 11) is 0. The molecule has 10 heteroatoms. The van der Waals surface area contributed by atoms with Gasteiger partial charge in [0.25, 0.3) is 5.91 Å². The lowest BCUT2D eigenvalue weighted by molar-refractivity contribution is 0.0945. The van der Waals surface area contributed by atoms with E-state index in [-0.39, 0.29) is 5.91 Å². The van der Waals surface area contributed by atoms with Crippen LogP contribution in [0.4, 0.5) is 0 Å². The Morgan fingerprint density at radius 1 is 1.05 bits per heavy atom. The van der Waals surface area contributed by atoms with Crippen molar-refractivity contribution in [2.75, 3.05) is 0 Å². The molecule has 9 nitrogen and oxygen atoms in total. The fourth-order valence-corrected chi connectivity index (χ4v) is 5.15. The maximum Gasteiger partial charge on any atom is 0.273 e. The van der Waals surface area contributed by atoms with Crippen LogP contribution in [0.25, 0.3) is 5.57 Å². The highest BCUT2D eigenvalue weighted by atomic mass is 35.5. The van der Waals surface area contributed by atoms with Crippen LogP contribution < -0.4 is 5.32 Å². The second-order valence-electron chi connectivity index (χ2n) is 10.1. The molecule has 1 saturated carbocycles. The van der Waals surface area contributed by atoms with E-state index in [1.165, 1.54) is 29.6 Å². The minimum absolute atomic E-state index is 0.260. The molecular weight excluding hydrogens is 512 g/mol. The number of allylic oxidation sites excluding steroid dienone is 2. The van der Waals surface area contributed by atoms with Crippen molar-refractivity contribution < 1.29 is 4.79 Å². The lowest BCUT2D eigenvalue weighted by atomic mass is 9.97. The number of nitrogens with one attached hydrogen (secondary N) is 1. The van der Waals surface area contributed by atoms with Crippen LogP contribution in [-0.2, 0) is 32.4 Å². The number of carbonyl (C=O) groups excluding carboxylic acids is 1. The molecule has 0 unspecified atom stereocenters. The molecule has 1 amide bonds. The third-order valence-corrected chi connectivity index (χ3v) is 7.45. The number of carbonyl (C=O) groups is 1. The smallest absolute Gasteiger partial charge is 0.273 e. The first-order valence-electron chi connectivity index (χ1n) is 13.4. The molecule has 2 aliphatic rings. The van der Waals surface area contributed by atoms with Gasteiger partial charge in [-0.05, 0) is 79.8 Å². The number of halogens is 1. The summed E-state index contributed by atoms with van der Waals surface area (Å²) in [5.74, 6) is 0.423. The maximum atomic E-state index is 12.4. The Labute approximate surface area is 231 Å². The molecule has 1 fully saturated rings. The Morgan fingerprint density at radius 2 is 1.97 bits per heavy atom. The normalized spacial score (nSPS) is 14.5.